The number of methoxy groups -OCH3 is 2. The topological polar surface area (TPSA) is 66.5 Å². The van der Waals surface area contributed by atoms with E-state index in [0.29, 0.717) is 23.1 Å². The highest BCUT2D eigenvalue weighted by molar-refractivity contribution is 5.68. The molecule has 0 saturated heterocycles. The molecule has 4 rings (SSSR count). The average molecular weight is 361 g/mol. The van der Waals surface area contributed by atoms with E-state index in [2.05, 4.69) is 15.1 Å². The van der Waals surface area contributed by atoms with Crippen LogP contribution in [0, 0.1) is 0 Å². The third-order valence-corrected chi connectivity index (χ3v) is 4.22. The van der Waals surface area contributed by atoms with Crippen molar-refractivity contribution in [2.75, 3.05) is 14.2 Å². The first-order valence-electron chi connectivity index (χ1n) is 8.44. The summed E-state index contributed by atoms with van der Waals surface area (Å²) in [5, 5.41) is 4.48. The molecule has 0 fully saturated rings. The summed E-state index contributed by atoms with van der Waals surface area (Å²) in [6.45, 7) is 0. The predicted molar refractivity (Wildman–Crippen MR) is 104 cm³/mol. The van der Waals surface area contributed by atoms with Crippen molar-refractivity contribution in [3.63, 3.8) is 0 Å². The average Bonchev–Trinajstić information content (AvgIpc) is 3.30. The van der Waals surface area contributed by atoms with Crippen molar-refractivity contribution in [3.05, 3.63) is 60.3 Å². The van der Waals surface area contributed by atoms with Crippen LogP contribution in [0.3, 0.4) is 0 Å². The van der Waals surface area contributed by atoms with Crippen LogP contribution in [0.2, 0.25) is 0 Å². The molecule has 0 bridgehead atoms. The fourth-order valence-electron chi connectivity index (χ4n) is 2.85. The summed E-state index contributed by atoms with van der Waals surface area (Å²) in [6.07, 6.45) is 5.71. The van der Waals surface area contributed by atoms with E-state index < -0.39 is 0 Å². The van der Waals surface area contributed by atoms with Gasteiger partial charge in [-0.3, -0.25) is 0 Å². The second kappa shape index (κ2) is 6.95. The molecular weight excluding hydrogens is 342 g/mol. The van der Waals surface area contributed by atoms with E-state index in [1.165, 1.54) is 0 Å². The molecule has 7 nitrogen and oxygen atoms in total. The van der Waals surface area contributed by atoms with Crippen molar-refractivity contribution >= 4 is 17.8 Å². The second-order valence-corrected chi connectivity index (χ2v) is 5.94. The summed E-state index contributed by atoms with van der Waals surface area (Å²) >= 11 is 0. The van der Waals surface area contributed by atoms with Crippen molar-refractivity contribution in [3.8, 4) is 22.9 Å². The summed E-state index contributed by atoms with van der Waals surface area (Å²) < 4.78 is 14.3. The lowest BCUT2D eigenvalue weighted by Crippen LogP contribution is -1.97. The van der Waals surface area contributed by atoms with Crippen LogP contribution in [-0.2, 0) is 7.05 Å². The van der Waals surface area contributed by atoms with Gasteiger partial charge in [-0.25, -0.2) is 9.97 Å². The van der Waals surface area contributed by atoms with Crippen molar-refractivity contribution < 1.29 is 9.47 Å². The highest BCUT2D eigenvalue weighted by atomic mass is 16.5. The number of nitrogens with zero attached hydrogens (tertiary/aromatic N) is 5. The summed E-state index contributed by atoms with van der Waals surface area (Å²) in [5.74, 6) is 2.57. The molecule has 0 spiro atoms. The zero-order chi connectivity index (χ0) is 18.8. The van der Waals surface area contributed by atoms with Crippen molar-refractivity contribution in [1.82, 2.24) is 24.1 Å². The lowest BCUT2D eigenvalue weighted by Gasteiger charge is -2.04. The number of hydrogen-bond donors (Lipinski definition) is 0. The highest BCUT2D eigenvalue weighted by Gasteiger charge is 2.12. The normalized spacial score (nSPS) is 11.4. The van der Waals surface area contributed by atoms with E-state index in [1.54, 1.807) is 30.9 Å². The summed E-state index contributed by atoms with van der Waals surface area (Å²) in [6, 6.07) is 13.7. The summed E-state index contributed by atoms with van der Waals surface area (Å²) in [4.78, 5) is 9.21. The Kier molecular flexibility index (Phi) is 4.33. The zero-order valence-corrected chi connectivity index (χ0v) is 15.3. The molecular formula is C20H19N5O2. The van der Waals surface area contributed by atoms with Crippen LogP contribution in [0.4, 0.5) is 0 Å². The fraction of sp³-hybridized carbons (Fsp3) is 0.150. The van der Waals surface area contributed by atoms with Crippen molar-refractivity contribution in [2.24, 2.45) is 7.05 Å². The maximum absolute atomic E-state index is 5.36. The quantitative estimate of drug-likeness (QED) is 0.545. The van der Waals surface area contributed by atoms with Gasteiger partial charge in [0, 0.05) is 24.9 Å². The Morgan fingerprint density at radius 1 is 0.926 bits per heavy atom. The van der Waals surface area contributed by atoms with Crippen LogP contribution >= 0.6 is 0 Å². The first-order valence-corrected chi connectivity index (χ1v) is 8.44. The van der Waals surface area contributed by atoms with Gasteiger partial charge in [0.2, 0.25) is 11.5 Å². The van der Waals surface area contributed by atoms with Crippen molar-refractivity contribution in [2.45, 2.75) is 0 Å². The maximum Gasteiger partial charge on any atom is 0.216 e. The van der Waals surface area contributed by atoms with Gasteiger partial charge in [-0.05, 0) is 18.2 Å². The van der Waals surface area contributed by atoms with Crippen LogP contribution in [0.15, 0.2) is 48.7 Å². The van der Waals surface area contributed by atoms with Crippen LogP contribution in [0.5, 0.6) is 11.6 Å². The van der Waals surface area contributed by atoms with E-state index in [1.807, 2.05) is 60.3 Å². The molecule has 0 aliphatic carbocycles. The third-order valence-electron chi connectivity index (χ3n) is 4.22. The fourth-order valence-corrected chi connectivity index (χ4v) is 2.85. The summed E-state index contributed by atoms with van der Waals surface area (Å²) in [7, 11) is 5.16. The highest BCUT2D eigenvalue weighted by Crippen LogP contribution is 2.24. The minimum absolute atomic E-state index is 0.544. The van der Waals surface area contributed by atoms with E-state index >= 15 is 0 Å². The maximum atomic E-state index is 5.36. The lowest BCUT2D eigenvalue weighted by atomic mass is 10.2. The minimum Gasteiger partial charge on any atom is -0.493 e. The molecule has 0 radical (unpaired) electrons. The zero-order valence-electron chi connectivity index (χ0n) is 15.3. The van der Waals surface area contributed by atoms with Gasteiger partial charge in [0.05, 0.1) is 19.9 Å². The Balaban J connectivity index is 1.68. The van der Waals surface area contributed by atoms with Gasteiger partial charge in [-0.1, -0.05) is 30.3 Å². The molecule has 1 aromatic carbocycles. The first-order chi connectivity index (χ1) is 13.2. The lowest BCUT2D eigenvalue weighted by molar-refractivity contribution is 0.379. The number of rotatable bonds is 5. The van der Waals surface area contributed by atoms with E-state index in [0.717, 1.165) is 17.1 Å². The predicted octanol–water partition coefficient (Wildman–Crippen LogP) is 3.32. The van der Waals surface area contributed by atoms with Gasteiger partial charge in [-0.15, -0.1) is 5.10 Å². The van der Waals surface area contributed by atoms with Gasteiger partial charge in [0.1, 0.15) is 5.82 Å². The number of ether oxygens (including phenoxy) is 2. The van der Waals surface area contributed by atoms with Crippen LogP contribution in [0.25, 0.3) is 29.1 Å². The standard InChI is InChI=1S/C20H19N5O2/c1-24-13-15(14-7-5-4-6-8-14)21-18(24)11-10-17-22-20-16(26-2)9-12-19(27-3)25(20)23-17/h4-13H,1-3H3. The second-order valence-electron chi connectivity index (χ2n) is 5.94. The SMILES string of the molecule is COc1ccc(OC)n2nc(C=Cc3nc(-c4ccccc4)cn3C)nc12. The molecule has 0 N–H and O–H groups in total. The van der Waals surface area contributed by atoms with Gasteiger partial charge in [-0.2, -0.15) is 4.52 Å². The molecule has 0 saturated carbocycles. The first kappa shape index (κ1) is 16.8. The molecule has 136 valence electrons. The molecule has 0 atom stereocenters. The molecule has 3 heterocycles. The summed E-state index contributed by atoms with van der Waals surface area (Å²) in [5.41, 5.74) is 2.60. The molecule has 27 heavy (non-hydrogen) atoms. The molecule has 0 aliphatic heterocycles. The Morgan fingerprint density at radius 2 is 1.74 bits per heavy atom. The number of pyridine rings is 1. The Bertz CT molecular complexity index is 1070. The van der Waals surface area contributed by atoms with Gasteiger partial charge in [0.15, 0.2) is 11.6 Å². The Labute approximate surface area is 156 Å². The van der Waals surface area contributed by atoms with E-state index in [9.17, 15) is 0 Å². The molecule has 4 aromatic rings. The number of hydrogen-bond acceptors (Lipinski definition) is 5. The monoisotopic (exact) mass is 361 g/mol. The molecule has 3 aromatic heterocycles. The molecule has 0 unspecified atom stereocenters. The Hall–Kier alpha value is -3.61. The minimum atomic E-state index is 0.544. The number of fused-ring (bicyclic) bond motifs is 1. The number of aryl methyl sites for hydroxylation is 1. The molecule has 7 heteroatoms. The number of aromatic nitrogens is 5. The third kappa shape index (κ3) is 3.15. The molecule has 0 aliphatic rings. The van der Waals surface area contributed by atoms with Crippen LogP contribution in [-0.4, -0.2) is 38.4 Å². The van der Waals surface area contributed by atoms with Crippen molar-refractivity contribution in [1.29, 1.82) is 0 Å². The number of imidazole rings is 1. The van der Waals surface area contributed by atoms with Gasteiger partial charge < -0.3 is 14.0 Å². The Morgan fingerprint density at radius 3 is 2.48 bits per heavy atom. The molecule has 0 amide bonds. The van der Waals surface area contributed by atoms with E-state index in [-0.39, 0.29) is 0 Å². The van der Waals surface area contributed by atoms with Crippen LogP contribution in [0.1, 0.15) is 11.6 Å². The smallest absolute Gasteiger partial charge is 0.216 e. The van der Waals surface area contributed by atoms with Gasteiger partial charge >= 0.3 is 0 Å². The van der Waals surface area contributed by atoms with Gasteiger partial charge in [0.25, 0.3) is 0 Å². The largest absolute Gasteiger partial charge is 0.493 e. The number of benzene rings is 1. The van der Waals surface area contributed by atoms with E-state index in [4.69, 9.17) is 9.47 Å². The van der Waals surface area contributed by atoms with Crippen LogP contribution < -0.4 is 9.47 Å².